The molecule has 0 aromatic carbocycles. The van der Waals surface area contributed by atoms with E-state index in [0.717, 1.165) is 4.49 Å². The van der Waals surface area contributed by atoms with Crippen LogP contribution >= 0.6 is 18.5 Å². The van der Waals surface area contributed by atoms with E-state index in [1.54, 1.807) is 4.15 Å². The van der Waals surface area contributed by atoms with Crippen LogP contribution in [0.2, 0.25) is 0 Å². The summed E-state index contributed by atoms with van der Waals surface area (Å²) in [7, 11) is 5.69. The number of rotatable bonds is 0. The van der Waals surface area contributed by atoms with Crippen LogP contribution in [0.5, 0.6) is 0 Å². The van der Waals surface area contributed by atoms with Crippen molar-refractivity contribution < 1.29 is 0 Å². The first-order chi connectivity index (χ1) is 3.29. The zero-order valence-corrected chi connectivity index (χ0v) is 8.42. The van der Waals surface area contributed by atoms with E-state index in [0.29, 0.717) is 0 Å². The van der Waals surface area contributed by atoms with E-state index >= 15 is 0 Å². The third-order valence-electron chi connectivity index (χ3n) is 0.944. The summed E-state index contributed by atoms with van der Waals surface area (Å²) < 4.78 is 2.55. The molecule has 0 aromatic heterocycles. The van der Waals surface area contributed by atoms with Crippen molar-refractivity contribution in [1.29, 1.82) is 0 Å². The molecule has 7 heavy (non-hydrogen) atoms. The average Bonchev–Trinajstić information content (AvgIpc) is 1.87. The van der Waals surface area contributed by atoms with Gasteiger partial charge in [0.1, 0.15) is 0 Å². The van der Waals surface area contributed by atoms with E-state index in [2.05, 4.69) is 24.6 Å². The molecule has 0 amide bonds. The Labute approximate surface area is 55.4 Å². The zero-order chi connectivity index (χ0) is 5.28. The van der Waals surface area contributed by atoms with Gasteiger partial charge in [0, 0.05) is 0 Å². The molecule has 0 spiro atoms. The van der Waals surface area contributed by atoms with Crippen molar-refractivity contribution in [3.8, 4) is 0 Å². The fourth-order valence-corrected chi connectivity index (χ4v) is 5.86. The van der Waals surface area contributed by atoms with Crippen molar-refractivity contribution in [2.45, 2.75) is 10.9 Å². The molecule has 0 aromatic rings. The van der Waals surface area contributed by atoms with Crippen LogP contribution in [-0.2, 0) is 0 Å². The van der Waals surface area contributed by atoms with Crippen molar-refractivity contribution in [3.63, 3.8) is 0 Å². The minimum atomic E-state index is 0.287. The Hall–Kier alpha value is 1.14. The topological polar surface area (TPSA) is 0 Å². The number of hydrogen-bond donors (Lipinski definition) is 0. The molecule has 0 bridgehead atoms. The van der Waals surface area contributed by atoms with Gasteiger partial charge in [0.2, 0.25) is 0 Å². The van der Waals surface area contributed by atoms with Crippen LogP contribution in [0.1, 0.15) is 6.42 Å². The van der Waals surface area contributed by atoms with Crippen molar-refractivity contribution in [1.82, 2.24) is 0 Å². The van der Waals surface area contributed by atoms with Gasteiger partial charge in [-0.1, -0.05) is 0 Å². The van der Waals surface area contributed by atoms with Crippen molar-refractivity contribution >= 4 is 33.9 Å². The Bertz CT molecular complexity index is 99.9. The average molecular weight is 191 g/mol. The van der Waals surface area contributed by atoms with Crippen LogP contribution in [0, 0.1) is 0 Å². The molecule has 2 radical (unpaired) electrons. The zero-order valence-electron chi connectivity index (χ0n) is 4.02. The molecule has 1 rings (SSSR count). The van der Waals surface area contributed by atoms with Crippen molar-refractivity contribution in [3.05, 3.63) is 10.2 Å². The van der Waals surface area contributed by atoms with Crippen LogP contribution in [0.3, 0.4) is 0 Å². The molecular formula is C4H8GeP2. The summed E-state index contributed by atoms with van der Waals surface area (Å²) in [6, 6.07) is 0. The Morgan fingerprint density at radius 3 is 2.71 bits per heavy atom. The molecule has 0 saturated carbocycles. The van der Waals surface area contributed by atoms with Gasteiger partial charge in [0.05, 0.1) is 0 Å². The third kappa shape index (κ3) is 1.84. The minimum absolute atomic E-state index is 0.287. The van der Waals surface area contributed by atoms with E-state index in [1.165, 1.54) is 6.42 Å². The Balaban J connectivity index is 2.42. The Morgan fingerprint density at radius 2 is 2.57 bits per heavy atom. The predicted octanol–water partition coefficient (Wildman–Crippen LogP) is 1.01. The van der Waals surface area contributed by atoms with Gasteiger partial charge in [0.25, 0.3) is 0 Å². The second-order valence-corrected chi connectivity index (χ2v) is 9.06. The van der Waals surface area contributed by atoms with Gasteiger partial charge in [-0.2, -0.15) is 0 Å². The summed E-state index contributed by atoms with van der Waals surface area (Å²) in [5, 5.41) is 0. The maximum absolute atomic E-state index is 2.89. The van der Waals surface area contributed by atoms with Crippen LogP contribution in [-0.4, -0.2) is 19.9 Å². The number of hydrogen-bond acceptors (Lipinski definition) is 0. The summed E-state index contributed by atoms with van der Waals surface area (Å²) in [6.07, 6.45) is 3.64. The standard InChI is InChI=1S/C4H8GeP2/c6-3-1-2-4(7)5-3/h1,4H,2,6-7H2. The molecule has 3 atom stereocenters. The first kappa shape index (κ1) is 6.27. The monoisotopic (exact) mass is 192 g/mol. The Kier molecular flexibility index (Phi) is 2.35. The molecule has 0 saturated heterocycles. The quantitative estimate of drug-likeness (QED) is 0.395. The van der Waals surface area contributed by atoms with E-state index in [9.17, 15) is 0 Å². The van der Waals surface area contributed by atoms with Gasteiger partial charge in [-0.15, -0.1) is 0 Å². The van der Waals surface area contributed by atoms with E-state index < -0.39 is 0 Å². The van der Waals surface area contributed by atoms with Crippen molar-refractivity contribution in [2.75, 3.05) is 0 Å². The van der Waals surface area contributed by atoms with E-state index in [4.69, 9.17) is 0 Å². The third-order valence-corrected chi connectivity index (χ3v) is 5.58. The molecule has 1 aliphatic rings. The SMILES string of the molecule is P[C]1=CC[CH](P)[Ge]1. The van der Waals surface area contributed by atoms with Gasteiger partial charge in [-0.25, -0.2) is 0 Å². The van der Waals surface area contributed by atoms with Crippen LogP contribution in [0.15, 0.2) is 10.2 Å². The van der Waals surface area contributed by atoms with Gasteiger partial charge < -0.3 is 0 Å². The molecule has 3 unspecified atom stereocenters. The van der Waals surface area contributed by atoms with Gasteiger partial charge in [-0.3, -0.25) is 0 Å². The van der Waals surface area contributed by atoms with Crippen LogP contribution < -0.4 is 0 Å². The second-order valence-electron chi connectivity index (χ2n) is 1.65. The number of allylic oxidation sites excluding steroid dienone is 1. The normalized spacial score (nSPS) is 30.6. The van der Waals surface area contributed by atoms with Gasteiger partial charge in [-0.05, 0) is 0 Å². The first-order valence-corrected chi connectivity index (χ1v) is 5.77. The molecule has 0 nitrogen and oxygen atoms in total. The van der Waals surface area contributed by atoms with E-state index in [1.807, 2.05) is 0 Å². The maximum atomic E-state index is 2.89. The molecule has 0 N–H and O–H groups in total. The summed E-state index contributed by atoms with van der Waals surface area (Å²) >= 11 is 0.287. The summed E-state index contributed by atoms with van der Waals surface area (Å²) in [4.78, 5) is 0. The first-order valence-electron chi connectivity index (χ1n) is 2.27. The van der Waals surface area contributed by atoms with E-state index in [-0.39, 0.29) is 15.4 Å². The molecule has 3 heteroatoms. The molecular weight excluding hydrogens is 183 g/mol. The molecule has 0 fully saturated rings. The second kappa shape index (κ2) is 2.62. The molecule has 1 aliphatic heterocycles. The van der Waals surface area contributed by atoms with Crippen LogP contribution in [0.4, 0.5) is 0 Å². The fraction of sp³-hybridized carbons (Fsp3) is 0.500. The Morgan fingerprint density at radius 1 is 1.86 bits per heavy atom. The predicted molar refractivity (Wildman–Crippen MR) is 41.7 cm³/mol. The summed E-state index contributed by atoms with van der Waals surface area (Å²) in [6.45, 7) is 0. The van der Waals surface area contributed by atoms with Crippen molar-refractivity contribution in [2.24, 2.45) is 0 Å². The molecule has 0 aliphatic carbocycles. The summed E-state index contributed by atoms with van der Waals surface area (Å²) in [5.41, 5.74) is 0. The fourth-order valence-electron chi connectivity index (χ4n) is 0.586. The van der Waals surface area contributed by atoms with Gasteiger partial charge >= 0.3 is 55.0 Å². The molecule has 1 heterocycles. The van der Waals surface area contributed by atoms with Crippen LogP contribution in [0.25, 0.3) is 0 Å². The summed E-state index contributed by atoms with van der Waals surface area (Å²) in [5.74, 6) is 0. The van der Waals surface area contributed by atoms with Gasteiger partial charge in [0.15, 0.2) is 0 Å². The molecule has 38 valence electrons.